The van der Waals surface area contributed by atoms with Crippen molar-refractivity contribution >= 4 is 35.0 Å². The fraction of sp³-hybridized carbons (Fsp3) is 0.333. The zero-order valence-corrected chi connectivity index (χ0v) is 9.14. The molecule has 1 aromatic rings. The predicted molar refractivity (Wildman–Crippen MR) is 58.3 cm³/mol. The Labute approximate surface area is 87.3 Å². The van der Waals surface area contributed by atoms with Crippen molar-refractivity contribution in [3.05, 3.63) is 33.8 Å². The Morgan fingerprint density at radius 1 is 1.25 bits per heavy atom. The van der Waals surface area contributed by atoms with Crippen LogP contribution in [0.3, 0.4) is 0 Å². The van der Waals surface area contributed by atoms with Crippen LogP contribution in [-0.4, -0.2) is 5.75 Å². The largest absolute Gasteiger partial charge is 0.157 e. The predicted octanol–water partition coefficient (Wildman–Crippen LogP) is 4.25. The summed E-state index contributed by atoms with van der Waals surface area (Å²) in [5.74, 6) is 2.13. The second-order valence-electron chi connectivity index (χ2n) is 2.39. The van der Waals surface area contributed by atoms with Crippen LogP contribution in [0.2, 0.25) is 10.0 Å². The van der Waals surface area contributed by atoms with Crippen molar-refractivity contribution in [3.8, 4) is 0 Å². The smallest absolute Gasteiger partial charge is 0.0595 e. The van der Waals surface area contributed by atoms with E-state index in [4.69, 9.17) is 23.2 Å². The summed E-state index contributed by atoms with van der Waals surface area (Å²) in [4.78, 5) is 0. The van der Waals surface area contributed by atoms with Crippen molar-refractivity contribution < 1.29 is 0 Å². The van der Waals surface area contributed by atoms with Gasteiger partial charge in [0.1, 0.15) is 0 Å². The highest BCUT2D eigenvalue weighted by Gasteiger charge is 1.98. The van der Waals surface area contributed by atoms with Crippen molar-refractivity contribution in [2.75, 3.05) is 5.75 Å². The highest BCUT2D eigenvalue weighted by Crippen LogP contribution is 2.24. The molecule has 0 radical (unpaired) electrons. The summed E-state index contributed by atoms with van der Waals surface area (Å²) in [5, 5.41) is 1.27. The number of hydrogen-bond acceptors (Lipinski definition) is 1. The summed E-state index contributed by atoms with van der Waals surface area (Å²) < 4.78 is 0. The van der Waals surface area contributed by atoms with Crippen LogP contribution in [0.25, 0.3) is 0 Å². The zero-order chi connectivity index (χ0) is 8.97. The SMILES string of the molecule is CCSCc1ccc(Cl)c(Cl)c1. The average molecular weight is 221 g/mol. The van der Waals surface area contributed by atoms with Gasteiger partial charge in [-0.05, 0) is 23.4 Å². The number of hydrogen-bond donors (Lipinski definition) is 0. The maximum Gasteiger partial charge on any atom is 0.0595 e. The lowest BCUT2D eigenvalue weighted by molar-refractivity contribution is 1.39. The summed E-state index contributed by atoms with van der Waals surface area (Å²) in [5.41, 5.74) is 1.23. The van der Waals surface area contributed by atoms with E-state index in [1.807, 2.05) is 30.0 Å². The van der Waals surface area contributed by atoms with E-state index in [2.05, 4.69) is 6.92 Å². The van der Waals surface area contributed by atoms with Crippen LogP contribution in [-0.2, 0) is 5.75 Å². The van der Waals surface area contributed by atoms with E-state index in [1.54, 1.807) is 0 Å². The lowest BCUT2D eigenvalue weighted by atomic mass is 10.2. The van der Waals surface area contributed by atoms with Gasteiger partial charge in [-0.1, -0.05) is 36.2 Å². The number of rotatable bonds is 3. The Bertz CT molecular complexity index is 261. The van der Waals surface area contributed by atoms with Gasteiger partial charge in [0.2, 0.25) is 0 Å². The average Bonchev–Trinajstić information content (AvgIpc) is 2.07. The molecule has 0 aliphatic rings. The molecule has 0 aliphatic heterocycles. The molecule has 0 nitrogen and oxygen atoms in total. The van der Waals surface area contributed by atoms with Crippen LogP contribution < -0.4 is 0 Å². The first-order chi connectivity index (χ1) is 5.74. The van der Waals surface area contributed by atoms with Crippen LogP contribution in [0, 0.1) is 0 Å². The first-order valence-electron chi connectivity index (χ1n) is 3.75. The molecular formula is C9H10Cl2S. The molecule has 1 rings (SSSR count). The number of halogens is 2. The fourth-order valence-electron chi connectivity index (χ4n) is 0.849. The van der Waals surface area contributed by atoms with Crippen molar-refractivity contribution in [2.24, 2.45) is 0 Å². The van der Waals surface area contributed by atoms with Gasteiger partial charge in [0.15, 0.2) is 0 Å². The monoisotopic (exact) mass is 220 g/mol. The van der Waals surface area contributed by atoms with Crippen LogP contribution in [0.4, 0.5) is 0 Å². The molecule has 0 atom stereocenters. The molecule has 66 valence electrons. The Kier molecular flexibility index (Phi) is 4.27. The molecule has 0 aliphatic carbocycles. The van der Waals surface area contributed by atoms with Crippen molar-refractivity contribution in [3.63, 3.8) is 0 Å². The molecular weight excluding hydrogens is 211 g/mol. The Morgan fingerprint density at radius 2 is 2.00 bits per heavy atom. The van der Waals surface area contributed by atoms with Gasteiger partial charge >= 0.3 is 0 Å². The molecule has 3 heteroatoms. The zero-order valence-electron chi connectivity index (χ0n) is 6.81. The standard InChI is InChI=1S/C9H10Cl2S/c1-2-12-6-7-3-4-8(10)9(11)5-7/h3-5H,2,6H2,1H3. The summed E-state index contributed by atoms with van der Waals surface area (Å²) in [6.45, 7) is 2.14. The second-order valence-corrected chi connectivity index (χ2v) is 4.47. The summed E-state index contributed by atoms with van der Waals surface area (Å²) in [7, 11) is 0. The summed E-state index contributed by atoms with van der Waals surface area (Å²) in [6, 6.07) is 5.78. The van der Waals surface area contributed by atoms with Crippen molar-refractivity contribution in [1.29, 1.82) is 0 Å². The third kappa shape index (κ3) is 2.89. The third-order valence-corrected chi connectivity index (χ3v) is 3.14. The highest BCUT2D eigenvalue weighted by atomic mass is 35.5. The van der Waals surface area contributed by atoms with E-state index in [1.165, 1.54) is 5.56 Å². The Balaban J connectivity index is 2.69. The van der Waals surface area contributed by atoms with Gasteiger partial charge in [0.05, 0.1) is 10.0 Å². The van der Waals surface area contributed by atoms with Gasteiger partial charge in [-0.25, -0.2) is 0 Å². The topological polar surface area (TPSA) is 0 Å². The van der Waals surface area contributed by atoms with Gasteiger partial charge in [-0.15, -0.1) is 0 Å². The van der Waals surface area contributed by atoms with Gasteiger partial charge in [0, 0.05) is 5.75 Å². The van der Waals surface area contributed by atoms with E-state index in [9.17, 15) is 0 Å². The lowest BCUT2D eigenvalue weighted by Crippen LogP contribution is -1.81. The molecule has 1 aromatic carbocycles. The molecule has 0 spiro atoms. The van der Waals surface area contributed by atoms with E-state index in [-0.39, 0.29) is 0 Å². The summed E-state index contributed by atoms with van der Waals surface area (Å²) >= 11 is 13.5. The maximum absolute atomic E-state index is 5.85. The van der Waals surface area contributed by atoms with Crippen molar-refractivity contribution in [1.82, 2.24) is 0 Å². The molecule has 0 fully saturated rings. The number of benzene rings is 1. The van der Waals surface area contributed by atoms with E-state index in [0.29, 0.717) is 10.0 Å². The lowest BCUT2D eigenvalue weighted by Gasteiger charge is -2.01. The first kappa shape index (κ1) is 10.2. The van der Waals surface area contributed by atoms with E-state index in [0.717, 1.165) is 11.5 Å². The molecule has 0 amide bonds. The van der Waals surface area contributed by atoms with Gasteiger partial charge in [-0.2, -0.15) is 11.8 Å². The Morgan fingerprint density at radius 3 is 2.58 bits per heavy atom. The fourth-order valence-corrected chi connectivity index (χ4v) is 1.79. The van der Waals surface area contributed by atoms with E-state index < -0.39 is 0 Å². The van der Waals surface area contributed by atoms with Crippen LogP contribution in [0.15, 0.2) is 18.2 Å². The number of thioether (sulfide) groups is 1. The molecule has 0 bridgehead atoms. The summed E-state index contributed by atoms with van der Waals surface area (Å²) in [6.07, 6.45) is 0. The minimum absolute atomic E-state index is 0.627. The molecule has 12 heavy (non-hydrogen) atoms. The minimum Gasteiger partial charge on any atom is -0.157 e. The molecule has 0 saturated carbocycles. The third-order valence-electron chi connectivity index (χ3n) is 1.46. The molecule has 0 saturated heterocycles. The quantitative estimate of drug-likeness (QED) is 0.735. The Hall–Kier alpha value is 0.150. The van der Waals surface area contributed by atoms with Crippen LogP contribution in [0.1, 0.15) is 12.5 Å². The van der Waals surface area contributed by atoms with Gasteiger partial charge in [0.25, 0.3) is 0 Å². The maximum atomic E-state index is 5.85. The van der Waals surface area contributed by atoms with Crippen molar-refractivity contribution in [2.45, 2.75) is 12.7 Å². The first-order valence-corrected chi connectivity index (χ1v) is 5.66. The van der Waals surface area contributed by atoms with E-state index >= 15 is 0 Å². The molecule has 0 heterocycles. The highest BCUT2D eigenvalue weighted by molar-refractivity contribution is 7.98. The van der Waals surface area contributed by atoms with Gasteiger partial charge in [-0.3, -0.25) is 0 Å². The normalized spacial score (nSPS) is 10.2. The molecule has 0 unspecified atom stereocenters. The van der Waals surface area contributed by atoms with Gasteiger partial charge < -0.3 is 0 Å². The molecule has 0 N–H and O–H groups in total. The molecule has 0 aromatic heterocycles. The second kappa shape index (κ2) is 5.00. The van der Waals surface area contributed by atoms with Crippen LogP contribution in [0.5, 0.6) is 0 Å². The van der Waals surface area contributed by atoms with Crippen LogP contribution >= 0.6 is 35.0 Å². The minimum atomic E-state index is 0.627.